The summed E-state index contributed by atoms with van der Waals surface area (Å²) >= 11 is 1.99. The highest BCUT2D eigenvalue weighted by molar-refractivity contribution is 7.98. The summed E-state index contributed by atoms with van der Waals surface area (Å²) in [6, 6.07) is 0. The Hall–Kier alpha value is 0.310. The van der Waals surface area contributed by atoms with Crippen LogP contribution in [0.2, 0.25) is 0 Å². The SMILES string of the molecule is CSCC1CCC2(CC1)CO2. The highest BCUT2D eigenvalue weighted by atomic mass is 32.2. The van der Waals surface area contributed by atoms with Crippen molar-refractivity contribution in [2.24, 2.45) is 5.92 Å². The number of epoxide rings is 1. The molecule has 64 valence electrons. The maximum Gasteiger partial charge on any atom is 0.0916 e. The van der Waals surface area contributed by atoms with Gasteiger partial charge in [0.25, 0.3) is 0 Å². The van der Waals surface area contributed by atoms with Gasteiger partial charge in [0.2, 0.25) is 0 Å². The van der Waals surface area contributed by atoms with E-state index in [4.69, 9.17) is 4.74 Å². The fraction of sp³-hybridized carbons (Fsp3) is 1.00. The van der Waals surface area contributed by atoms with Crippen LogP contribution < -0.4 is 0 Å². The summed E-state index contributed by atoms with van der Waals surface area (Å²) in [6.45, 7) is 1.05. The van der Waals surface area contributed by atoms with Gasteiger partial charge in [-0.2, -0.15) is 11.8 Å². The normalized spacial score (nSPS) is 42.8. The molecule has 1 spiro atoms. The number of thioether (sulfide) groups is 1. The van der Waals surface area contributed by atoms with Gasteiger partial charge in [0.1, 0.15) is 0 Å². The van der Waals surface area contributed by atoms with Gasteiger partial charge in [0.15, 0.2) is 0 Å². The molecule has 2 aliphatic rings. The van der Waals surface area contributed by atoms with E-state index >= 15 is 0 Å². The van der Waals surface area contributed by atoms with Gasteiger partial charge < -0.3 is 4.74 Å². The zero-order valence-electron chi connectivity index (χ0n) is 7.14. The van der Waals surface area contributed by atoms with Gasteiger partial charge >= 0.3 is 0 Å². The lowest BCUT2D eigenvalue weighted by Gasteiger charge is -2.25. The Balaban J connectivity index is 1.75. The third-order valence-electron chi connectivity index (χ3n) is 2.97. The molecule has 2 rings (SSSR count). The predicted octanol–water partition coefficient (Wildman–Crippen LogP) is 2.31. The first-order valence-corrected chi connectivity index (χ1v) is 5.87. The molecule has 0 aromatic rings. The highest BCUT2D eigenvalue weighted by Gasteiger charge is 2.46. The van der Waals surface area contributed by atoms with Crippen LogP contribution in [-0.2, 0) is 4.74 Å². The van der Waals surface area contributed by atoms with Gasteiger partial charge in [0, 0.05) is 0 Å². The summed E-state index contributed by atoms with van der Waals surface area (Å²) in [7, 11) is 0. The van der Waals surface area contributed by atoms with Crippen molar-refractivity contribution < 1.29 is 4.74 Å². The fourth-order valence-electron chi connectivity index (χ4n) is 2.00. The summed E-state index contributed by atoms with van der Waals surface area (Å²) in [5.74, 6) is 2.34. The number of rotatable bonds is 2. The Morgan fingerprint density at radius 1 is 1.45 bits per heavy atom. The maximum atomic E-state index is 5.46. The molecule has 0 amide bonds. The molecule has 0 aromatic heterocycles. The van der Waals surface area contributed by atoms with Gasteiger partial charge in [-0.25, -0.2) is 0 Å². The quantitative estimate of drug-likeness (QED) is 0.593. The molecule has 0 atom stereocenters. The minimum atomic E-state index is 0.398. The Bertz CT molecular complexity index is 132. The molecule has 1 nitrogen and oxygen atoms in total. The van der Waals surface area contributed by atoms with Crippen molar-refractivity contribution in [3.63, 3.8) is 0 Å². The van der Waals surface area contributed by atoms with Crippen molar-refractivity contribution in [3.8, 4) is 0 Å². The van der Waals surface area contributed by atoms with Crippen molar-refractivity contribution in [1.29, 1.82) is 0 Å². The number of ether oxygens (including phenoxy) is 1. The first kappa shape index (κ1) is 7.93. The second-order valence-electron chi connectivity index (χ2n) is 3.87. The lowest BCUT2D eigenvalue weighted by atomic mass is 9.83. The Morgan fingerprint density at radius 2 is 2.09 bits per heavy atom. The van der Waals surface area contributed by atoms with E-state index < -0.39 is 0 Å². The van der Waals surface area contributed by atoms with Crippen LogP contribution in [0, 0.1) is 5.92 Å². The summed E-state index contributed by atoms with van der Waals surface area (Å²) in [5, 5.41) is 0. The number of hydrogen-bond donors (Lipinski definition) is 0. The van der Waals surface area contributed by atoms with Crippen molar-refractivity contribution >= 4 is 11.8 Å². The molecule has 0 unspecified atom stereocenters. The van der Waals surface area contributed by atoms with E-state index in [0.717, 1.165) is 12.5 Å². The van der Waals surface area contributed by atoms with Crippen molar-refractivity contribution in [2.75, 3.05) is 18.6 Å². The summed E-state index contributed by atoms with van der Waals surface area (Å²) in [4.78, 5) is 0. The molecule has 0 radical (unpaired) electrons. The van der Waals surface area contributed by atoms with Crippen molar-refractivity contribution in [1.82, 2.24) is 0 Å². The van der Waals surface area contributed by atoms with Crippen molar-refractivity contribution in [3.05, 3.63) is 0 Å². The van der Waals surface area contributed by atoms with Crippen LogP contribution in [0.25, 0.3) is 0 Å². The molecule has 2 fully saturated rings. The molecular weight excluding hydrogens is 156 g/mol. The second kappa shape index (κ2) is 2.98. The van der Waals surface area contributed by atoms with E-state index in [1.807, 2.05) is 11.8 Å². The van der Waals surface area contributed by atoms with Gasteiger partial charge in [0.05, 0.1) is 12.2 Å². The first-order chi connectivity index (χ1) is 5.35. The predicted molar refractivity (Wildman–Crippen MR) is 49.0 cm³/mol. The van der Waals surface area contributed by atoms with Crippen molar-refractivity contribution in [2.45, 2.75) is 31.3 Å². The lowest BCUT2D eigenvalue weighted by molar-refractivity contribution is 0.208. The van der Waals surface area contributed by atoms with Crippen LogP contribution in [0.1, 0.15) is 25.7 Å². The largest absolute Gasteiger partial charge is 0.370 e. The third kappa shape index (κ3) is 1.73. The lowest BCUT2D eigenvalue weighted by Crippen LogP contribution is -2.22. The van der Waals surface area contributed by atoms with Crippen LogP contribution in [0.5, 0.6) is 0 Å². The molecule has 1 aliphatic carbocycles. The van der Waals surface area contributed by atoms with Gasteiger partial charge in [-0.1, -0.05) is 0 Å². The summed E-state index contributed by atoms with van der Waals surface area (Å²) in [6.07, 6.45) is 7.68. The average Bonchev–Trinajstić information content (AvgIpc) is 2.76. The van der Waals surface area contributed by atoms with E-state index in [-0.39, 0.29) is 0 Å². The molecule has 0 N–H and O–H groups in total. The molecular formula is C9H16OS. The zero-order valence-corrected chi connectivity index (χ0v) is 7.95. The van der Waals surface area contributed by atoms with Crippen LogP contribution in [0.4, 0.5) is 0 Å². The topological polar surface area (TPSA) is 12.5 Å². The van der Waals surface area contributed by atoms with Crippen LogP contribution in [-0.4, -0.2) is 24.2 Å². The highest BCUT2D eigenvalue weighted by Crippen LogP contribution is 2.43. The second-order valence-corrected chi connectivity index (χ2v) is 4.78. The van der Waals surface area contributed by atoms with Crippen LogP contribution in [0.15, 0.2) is 0 Å². The Morgan fingerprint density at radius 3 is 2.55 bits per heavy atom. The fourth-order valence-corrected chi connectivity index (χ4v) is 2.80. The summed E-state index contributed by atoms with van der Waals surface area (Å²) < 4.78 is 5.46. The summed E-state index contributed by atoms with van der Waals surface area (Å²) in [5.41, 5.74) is 0.398. The Labute approximate surface area is 72.9 Å². The standard InChI is InChI=1S/C9H16OS/c1-11-6-8-2-4-9(5-3-8)7-10-9/h8H,2-7H2,1H3. The van der Waals surface area contributed by atoms with E-state index in [9.17, 15) is 0 Å². The van der Waals surface area contributed by atoms with Crippen LogP contribution >= 0.6 is 11.8 Å². The van der Waals surface area contributed by atoms with E-state index in [2.05, 4.69) is 6.26 Å². The molecule has 11 heavy (non-hydrogen) atoms. The smallest absolute Gasteiger partial charge is 0.0916 e. The van der Waals surface area contributed by atoms with Crippen LogP contribution in [0.3, 0.4) is 0 Å². The van der Waals surface area contributed by atoms with E-state index in [1.54, 1.807) is 0 Å². The van der Waals surface area contributed by atoms with E-state index in [0.29, 0.717) is 5.60 Å². The van der Waals surface area contributed by atoms with Gasteiger partial charge in [-0.15, -0.1) is 0 Å². The molecule has 1 aliphatic heterocycles. The Kier molecular flexibility index (Phi) is 2.15. The van der Waals surface area contributed by atoms with E-state index in [1.165, 1.54) is 31.4 Å². The average molecular weight is 172 g/mol. The first-order valence-electron chi connectivity index (χ1n) is 4.48. The molecule has 1 heterocycles. The number of hydrogen-bond acceptors (Lipinski definition) is 2. The minimum absolute atomic E-state index is 0.398. The molecule has 1 saturated heterocycles. The maximum absolute atomic E-state index is 5.46. The molecule has 2 heteroatoms. The third-order valence-corrected chi connectivity index (χ3v) is 3.78. The van der Waals surface area contributed by atoms with Gasteiger partial charge in [-0.3, -0.25) is 0 Å². The molecule has 0 bridgehead atoms. The molecule has 0 aromatic carbocycles. The minimum Gasteiger partial charge on any atom is -0.370 e. The zero-order chi connectivity index (χ0) is 7.73. The van der Waals surface area contributed by atoms with Gasteiger partial charge in [-0.05, 0) is 43.6 Å². The monoisotopic (exact) mass is 172 g/mol. The molecule has 1 saturated carbocycles.